The molecule has 0 radical (unpaired) electrons. The zero-order valence-corrected chi connectivity index (χ0v) is 19.9. The van der Waals surface area contributed by atoms with Crippen molar-refractivity contribution in [3.8, 4) is 0 Å². The van der Waals surface area contributed by atoms with Gasteiger partial charge in [0.1, 0.15) is 0 Å². The van der Waals surface area contributed by atoms with Gasteiger partial charge >= 0.3 is 0 Å². The lowest BCUT2D eigenvalue weighted by Crippen LogP contribution is -2.30. The van der Waals surface area contributed by atoms with E-state index in [1.54, 1.807) is 36.5 Å². The van der Waals surface area contributed by atoms with Gasteiger partial charge in [-0.2, -0.15) is 4.31 Å². The van der Waals surface area contributed by atoms with Crippen molar-refractivity contribution in [3.05, 3.63) is 41.7 Å². The van der Waals surface area contributed by atoms with Gasteiger partial charge in [-0.05, 0) is 37.3 Å². The molecule has 2 aromatic heterocycles. The van der Waals surface area contributed by atoms with E-state index in [2.05, 4.69) is 15.3 Å². The Hall–Kier alpha value is -2.14. The number of pyridine rings is 1. The van der Waals surface area contributed by atoms with Crippen molar-refractivity contribution in [2.24, 2.45) is 0 Å². The van der Waals surface area contributed by atoms with Gasteiger partial charge in [-0.3, -0.25) is 4.79 Å². The van der Waals surface area contributed by atoms with Gasteiger partial charge in [0.2, 0.25) is 15.9 Å². The quantitative estimate of drug-likeness (QED) is 0.368. The third kappa shape index (κ3) is 5.03. The molecule has 0 fully saturated rings. The lowest BCUT2D eigenvalue weighted by atomic mass is 10.3. The first-order chi connectivity index (χ1) is 14.8. The number of carbonyl (C=O) groups excluding carboxylic acids is 1. The van der Waals surface area contributed by atoms with Crippen LogP contribution in [0.15, 0.2) is 46.6 Å². The van der Waals surface area contributed by atoms with Gasteiger partial charge in [-0.25, -0.2) is 18.4 Å². The summed E-state index contributed by atoms with van der Waals surface area (Å²) < 4.78 is 29.0. The van der Waals surface area contributed by atoms with E-state index in [4.69, 9.17) is 11.6 Å². The zero-order chi connectivity index (χ0) is 22.6. The summed E-state index contributed by atoms with van der Waals surface area (Å²) in [5.41, 5.74) is 1.84. The van der Waals surface area contributed by atoms with Crippen molar-refractivity contribution in [2.75, 3.05) is 24.2 Å². The highest BCUT2D eigenvalue weighted by Crippen LogP contribution is 2.27. The summed E-state index contributed by atoms with van der Waals surface area (Å²) in [6, 6.07) is 8.33. The molecular formula is C20H24ClN5O3S2. The molecule has 3 rings (SSSR count). The topological polar surface area (TPSA) is 97.2 Å². The Morgan fingerprint density at radius 1 is 1.23 bits per heavy atom. The van der Waals surface area contributed by atoms with Crippen molar-refractivity contribution >= 4 is 56.0 Å². The number of hydrogen-bond donors (Lipinski definition) is 1. The number of benzene rings is 1. The Morgan fingerprint density at radius 3 is 2.61 bits per heavy atom. The van der Waals surface area contributed by atoms with Crippen molar-refractivity contribution in [3.63, 3.8) is 0 Å². The predicted molar refractivity (Wildman–Crippen MR) is 124 cm³/mol. The maximum Gasteiger partial charge on any atom is 0.243 e. The molecule has 1 amide bonds. The molecule has 2 heterocycles. The van der Waals surface area contributed by atoms with Crippen LogP contribution >= 0.6 is 23.4 Å². The van der Waals surface area contributed by atoms with E-state index in [1.807, 2.05) is 25.3 Å². The smallest absolute Gasteiger partial charge is 0.243 e. The molecular weight excluding hydrogens is 458 g/mol. The minimum atomic E-state index is -3.57. The van der Waals surface area contributed by atoms with Crippen LogP contribution in [0.4, 0.5) is 5.69 Å². The fraction of sp³-hybridized carbons (Fsp3) is 0.350. The average Bonchev–Trinajstić information content (AvgIpc) is 3.11. The van der Waals surface area contributed by atoms with E-state index in [-0.39, 0.29) is 21.7 Å². The van der Waals surface area contributed by atoms with Gasteiger partial charge in [0.25, 0.3) is 0 Å². The molecule has 1 N–H and O–H groups in total. The molecule has 0 atom stereocenters. The first-order valence-electron chi connectivity index (χ1n) is 9.85. The number of amides is 1. The van der Waals surface area contributed by atoms with E-state index in [9.17, 15) is 13.2 Å². The molecule has 0 bridgehead atoms. The van der Waals surface area contributed by atoms with Crippen molar-refractivity contribution < 1.29 is 13.2 Å². The summed E-state index contributed by atoms with van der Waals surface area (Å²) in [5, 5.41) is 3.60. The Bertz CT molecular complexity index is 1190. The van der Waals surface area contributed by atoms with Crippen LogP contribution in [0.25, 0.3) is 11.0 Å². The maximum atomic E-state index is 12.8. The van der Waals surface area contributed by atoms with Crippen LogP contribution in [0.2, 0.25) is 5.15 Å². The lowest BCUT2D eigenvalue weighted by molar-refractivity contribution is -0.113. The minimum absolute atomic E-state index is 0.124. The van der Waals surface area contributed by atoms with E-state index in [0.717, 1.165) is 5.52 Å². The standard InChI is InChI=1S/C20H24ClN5O3S2/c1-4-25(5-2)31(28,29)14-9-10-17-16(12-14)24-20(26(17)6-3)30-13-18(27)23-15-8-7-11-22-19(15)21/h7-12H,4-6,13H2,1-3H3,(H,23,27). The maximum absolute atomic E-state index is 12.8. The molecule has 11 heteroatoms. The molecule has 1 aromatic carbocycles. The van der Waals surface area contributed by atoms with E-state index in [0.29, 0.717) is 36.0 Å². The second-order valence-electron chi connectivity index (χ2n) is 6.56. The van der Waals surface area contributed by atoms with Crippen LogP contribution < -0.4 is 5.32 Å². The second kappa shape index (κ2) is 9.99. The van der Waals surface area contributed by atoms with E-state index < -0.39 is 10.0 Å². The summed E-state index contributed by atoms with van der Waals surface area (Å²) in [6.07, 6.45) is 1.55. The molecule has 0 aliphatic carbocycles. The normalized spacial score (nSPS) is 11.9. The van der Waals surface area contributed by atoms with Crippen molar-refractivity contribution in [2.45, 2.75) is 37.4 Å². The van der Waals surface area contributed by atoms with Crippen LogP contribution in [-0.4, -0.2) is 52.0 Å². The highest BCUT2D eigenvalue weighted by molar-refractivity contribution is 7.99. The summed E-state index contributed by atoms with van der Waals surface area (Å²) in [6.45, 7) is 7.03. The van der Waals surface area contributed by atoms with Gasteiger partial charge in [0.15, 0.2) is 10.3 Å². The summed E-state index contributed by atoms with van der Waals surface area (Å²) in [4.78, 5) is 21.1. The van der Waals surface area contributed by atoms with Crippen molar-refractivity contribution in [1.29, 1.82) is 0 Å². The number of nitrogens with one attached hydrogen (secondary N) is 1. The average molecular weight is 482 g/mol. The van der Waals surface area contributed by atoms with Gasteiger partial charge in [-0.1, -0.05) is 37.2 Å². The summed E-state index contributed by atoms with van der Waals surface area (Å²) in [7, 11) is -3.57. The minimum Gasteiger partial charge on any atom is -0.323 e. The van der Waals surface area contributed by atoms with Crippen LogP contribution in [0.3, 0.4) is 0 Å². The molecule has 0 aliphatic heterocycles. The van der Waals surface area contributed by atoms with E-state index >= 15 is 0 Å². The lowest BCUT2D eigenvalue weighted by Gasteiger charge is -2.18. The zero-order valence-electron chi connectivity index (χ0n) is 17.5. The second-order valence-corrected chi connectivity index (χ2v) is 9.80. The Balaban J connectivity index is 1.83. The van der Waals surface area contributed by atoms with Gasteiger partial charge in [0, 0.05) is 25.8 Å². The number of sulfonamides is 1. The Morgan fingerprint density at radius 2 is 1.97 bits per heavy atom. The van der Waals surface area contributed by atoms with Crippen LogP contribution in [0, 0.1) is 0 Å². The third-order valence-corrected chi connectivity index (χ3v) is 8.03. The number of carbonyl (C=O) groups is 1. The molecule has 0 saturated carbocycles. The van der Waals surface area contributed by atoms with E-state index in [1.165, 1.54) is 16.1 Å². The molecule has 3 aromatic rings. The fourth-order valence-corrected chi connectivity index (χ4v) is 5.70. The highest BCUT2D eigenvalue weighted by Gasteiger charge is 2.23. The Kier molecular flexibility index (Phi) is 7.58. The number of fused-ring (bicyclic) bond motifs is 1. The monoisotopic (exact) mass is 481 g/mol. The number of rotatable bonds is 9. The predicted octanol–water partition coefficient (Wildman–Crippen LogP) is 3.87. The number of aromatic nitrogens is 3. The number of halogens is 1. The number of nitrogens with zero attached hydrogens (tertiary/aromatic N) is 4. The molecule has 8 nitrogen and oxygen atoms in total. The summed E-state index contributed by atoms with van der Waals surface area (Å²) >= 11 is 7.26. The van der Waals surface area contributed by atoms with Gasteiger partial charge in [-0.15, -0.1) is 0 Å². The number of imidazole rings is 1. The Labute approximate surface area is 191 Å². The molecule has 166 valence electrons. The fourth-order valence-electron chi connectivity index (χ4n) is 3.17. The largest absolute Gasteiger partial charge is 0.323 e. The van der Waals surface area contributed by atoms with Gasteiger partial charge in [0.05, 0.1) is 27.4 Å². The molecule has 0 spiro atoms. The van der Waals surface area contributed by atoms with Crippen LogP contribution in [0.1, 0.15) is 20.8 Å². The van der Waals surface area contributed by atoms with Crippen LogP contribution in [-0.2, 0) is 21.4 Å². The van der Waals surface area contributed by atoms with Crippen molar-refractivity contribution in [1.82, 2.24) is 18.8 Å². The van der Waals surface area contributed by atoms with Crippen LogP contribution in [0.5, 0.6) is 0 Å². The molecule has 0 aliphatic rings. The number of anilines is 1. The number of aryl methyl sites for hydroxylation is 1. The first kappa shape index (κ1) is 23.5. The van der Waals surface area contributed by atoms with Gasteiger partial charge < -0.3 is 9.88 Å². The molecule has 0 saturated heterocycles. The number of hydrogen-bond acceptors (Lipinski definition) is 6. The summed E-state index contributed by atoms with van der Waals surface area (Å²) in [5.74, 6) is -0.113. The third-order valence-electron chi connectivity index (χ3n) is 4.71. The highest BCUT2D eigenvalue weighted by atomic mass is 35.5. The SMILES string of the molecule is CCN(CC)S(=O)(=O)c1ccc2c(c1)nc(SCC(=O)Nc1cccnc1Cl)n2CC. The number of thioether (sulfide) groups is 1. The first-order valence-corrected chi connectivity index (χ1v) is 12.7. The molecule has 0 unspecified atom stereocenters. The molecule has 31 heavy (non-hydrogen) atoms.